The minimum atomic E-state index is -1.74. The van der Waals surface area contributed by atoms with Crippen LogP contribution in [0.25, 0.3) is 0 Å². The van der Waals surface area contributed by atoms with Crippen LogP contribution in [0.5, 0.6) is 5.75 Å². The Hall–Kier alpha value is -1.71. The van der Waals surface area contributed by atoms with E-state index in [1.165, 1.54) is 11.1 Å². The van der Waals surface area contributed by atoms with Gasteiger partial charge in [-0.1, -0.05) is 13.0 Å². The van der Waals surface area contributed by atoms with Crippen LogP contribution in [0.3, 0.4) is 0 Å². The van der Waals surface area contributed by atoms with E-state index in [0.717, 1.165) is 38.5 Å². The van der Waals surface area contributed by atoms with Crippen molar-refractivity contribution in [2.75, 3.05) is 0 Å². The summed E-state index contributed by atoms with van der Waals surface area (Å²) < 4.78 is 11.0. The normalized spacial score (nSPS) is 45.5. The molecule has 3 fully saturated rings. The molecule has 1 saturated heterocycles. The zero-order chi connectivity index (χ0) is 22.8. The summed E-state index contributed by atoms with van der Waals surface area (Å²) in [6, 6.07) is 5.75. The Labute approximate surface area is 186 Å². The van der Waals surface area contributed by atoms with Crippen molar-refractivity contribution in [3.05, 3.63) is 29.3 Å². The molecule has 2 saturated carbocycles. The average molecular weight is 449 g/mol. The van der Waals surface area contributed by atoms with Gasteiger partial charge < -0.3 is 35.0 Å². The molecule has 1 aromatic carbocycles. The lowest BCUT2D eigenvalue weighted by Gasteiger charge is -2.50. The van der Waals surface area contributed by atoms with Gasteiger partial charge in [0.05, 0.1) is 6.10 Å². The van der Waals surface area contributed by atoms with Gasteiger partial charge in [-0.05, 0) is 85.0 Å². The van der Waals surface area contributed by atoms with Crippen molar-refractivity contribution >= 4 is 5.97 Å². The fraction of sp³-hybridized carbons (Fsp3) is 0.708. The van der Waals surface area contributed by atoms with Gasteiger partial charge in [-0.25, -0.2) is 4.79 Å². The molecular weight excluding hydrogens is 416 g/mol. The third kappa shape index (κ3) is 3.35. The van der Waals surface area contributed by atoms with Gasteiger partial charge in [0.25, 0.3) is 0 Å². The van der Waals surface area contributed by atoms with Crippen LogP contribution >= 0.6 is 0 Å². The van der Waals surface area contributed by atoms with Crippen molar-refractivity contribution in [1.29, 1.82) is 0 Å². The highest BCUT2D eigenvalue weighted by molar-refractivity contribution is 5.73. The average Bonchev–Trinajstić information content (AvgIpc) is 3.08. The minimum absolute atomic E-state index is 0.0300. The van der Waals surface area contributed by atoms with E-state index in [1.54, 1.807) is 6.07 Å². The Morgan fingerprint density at radius 1 is 1.06 bits per heavy atom. The van der Waals surface area contributed by atoms with Crippen LogP contribution in [-0.4, -0.2) is 68.3 Å². The fourth-order valence-electron chi connectivity index (χ4n) is 6.89. The maximum Gasteiger partial charge on any atom is 0.335 e. The number of carboxylic acids is 1. The van der Waals surface area contributed by atoms with Gasteiger partial charge in [-0.2, -0.15) is 0 Å². The van der Waals surface area contributed by atoms with Crippen molar-refractivity contribution in [1.82, 2.24) is 0 Å². The van der Waals surface area contributed by atoms with Crippen LogP contribution in [0.15, 0.2) is 18.2 Å². The smallest absolute Gasteiger partial charge is 0.335 e. The summed E-state index contributed by atoms with van der Waals surface area (Å²) in [4.78, 5) is 11.3. The predicted octanol–water partition coefficient (Wildman–Crippen LogP) is 1.17. The SMILES string of the molecule is C[C@]12CC[C@@H]3c4ccc(O[C@@H]5O[C@H](C(=O)O)[C@@H](O)[C@H](O)[C@H]5O)cc4CC[C@H]3[C@@H]1CC[C@H]2O. The molecule has 0 bridgehead atoms. The van der Waals surface area contributed by atoms with Gasteiger partial charge in [-0.3, -0.25) is 0 Å². The standard InChI is InChI=1S/C24H32O8/c1-24-9-8-14-13-5-3-12(10-11(13)2-4-15(14)16(24)6-7-17(24)25)31-23-20(28)18(26)19(27)21(32-23)22(29)30/h3,5,10,14-21,23,25-28H,2,4,6-9H2,1H3,(H,29,30)/t14-,15-,16+,17-,18+,19+,20-,21+,23-,24+/m1/s1. The molecule has 0 radical (unpaired) electrons. The van der Waals surface area contributed by atoms with E-state index in [-0.39, 0.29) is 11.5 Å². The first-order valence-corrected chi connectivity index (χ1v) is 11.6. The number of aliphatic hydroxyl groups excluding tert-OH is 4. The van der Waals surface area contributed by atoms with Gasteiger partial charge in [0.2, 0.25) is 6.29 Å². The summed E-state index contributed by atoms with van der Waals surface area (Å²) in [6.07, 6.45) is -2.28. The number of fused-ring (bicyclic) bond motifs is 5. The Bertz CT molecular complexity index is 889. The maximum absolute atomic E-state index is 11.3. The van der Waals surface area contributed by atoms with E-state index < -0.39 is 36.7 Å². The molecule has 1 aromatic rings. The summed E-state index contributed by atoms with van der Waals surface area (Å²) in [7, 11) is 0. The summed E-state index contributed by atoms with van der Waals surface area (Å²) >= 11 is 0. The third-order valence-corrected chi connectivity index (χ3v) is 8.71. The van der Waals surface area contributed by atoms with E-state index in [0.29, 0.717) is 23.5 Å². The van der Waals surface area contributed by atoms with Crippen molar-refractivity contribution in [2.45, 2.75) is 88.2 Å². The Morgan fingerprint density at radius 2 is 1.84 bits per heavy atom. The number of aliphatic carboxylic acids is 1. The molecule has 0 aromatic heterocycles. The molecule has 10 atom stereocenters. The molecule has 0 unspecified atom stereocenters. The summed E-state index contributed by atoms with van der Waals surface area (Å²) in [5.41, 5.74) is 2.51. The number of aliphatic hydroxyl groups is 4. The number of ether oxygens (including phenoxy) is 2. The predicted molar refractivity (Wildman–Crippen MR) is 112 cm³/mol. The second kappa shape index (κ2) is 7.95. The van der Waals surface area contributed by atoms with Crippen LogP contribution in [-0.2, 0) is 16.0 Å². The van der Waals surface area contributed by atoms with E-state index in [9.17, 15) is 30.3 Å². The molecule has 1 aliphatic heterocycles. The highest BCUT2D eigenvalue weighted by Crippen LogP contribution is 2.60. The van der Waals surface area contributed by atoms with Crippen molar-refractivity contribution in [2.24, 2.45) is 17.3 Å². The van der Waals surface area contributed by atoms with Crippen LogP contribution in [0.1, 0.15) is 56.1 Å². The number of carbonyl (C=O) groups is 1. The van der Waals surface area contributed by atoms with Crippen LogP contribution in [0.4, 0.5) is 0 Å². The molecule has 3 aliphatic carbocycles. The largest absolute Gasteiger partial charge is 0.479 e. The van der Waals surface area contributed by atoms with Crippen molar-refractivity contribution < 1.29 is 39.8 Å². The molecule has 5 rings (SSSR count). The van der Waals surface area contributed by atoms with E-state index >= 15 is 0 Å². The molecular formula is C24H32O8. The highest BCUT2D eigenvalue weighted by atomic mass is 16.7. The van der Waals surface area contributed by atoms with Crippen LogP contribution in [0, 0.1) is 17.3 Å². The molecule has 5 N–H and O–H groups in total. The molecule has 8 nitrogen and oxygen atoms in total. The summed E-state index contributed by atoms with van der Waals surface area (Å²) in [5, 5.41) is 49.8. The molecule has 0 spiro atoms. The van der Waals surface area contributed by atoms with E-state index in [2.05, 4.69) is 6.92 Å². The second-order valence-corrected chi connectivity index (χ2v) is 10.3. The quantitative estimate of drug-likeness (QED) is 0.465. The van der Waals surface area contributed by atoms with E-state index in [4.69, 9.17) is 9.47 Å². The topological polar surface area (TPSA) is 137 Å². The van der Waals surface area contributed by atoms with Gasteiger partial charge in [0.15, 0.2) is 6.10 Å². The first-order valence-electron chi connectivity index (χ1n) is 11.6. The molecule has 32 heavy (non-hydrogen) atoms. The van der Waals surface area contributed by atoms with Gasteiger partial charge in [0, 0.05) is 0 Å². The Kier molecular flexibility index (Phi) is 5.49. The summed E-state index contributed by atoms with van der Waals surface area (Å²) in [6.45, 7) is 2.25. The number of benzene rings is 1. The molecule has 0 amide bonds. The maximum atomic E-state index is 11.3. The van der Waals surface area contributed by atoms with Crippen molar-refractivity contribution in [3.8, 4) is 5.75 Å². The second-order valence-electron chi connectivity index (χ2n) is 10.3. The minimum Gasteiger partial charge on any atom is -0.479 e. The highest BCUT2D eigenvalue weighted by Gasteiger charge is 2.54. The number of carboxylic acid groups (broad SMARTS) is 1. The van der Waals surface area contributed by atoms with E-state index in [1.807, 2.05) is 12.1 Å². The van der Waals surface area contributed by atoms with Gasteiger partial charge in [0.1, 0.15) is 24.1 Å². The lowest BCUT2D eigenvalue weighted by molar-refractivity contribution is -0.271. The first kappa shape index (κ1) is 22.1. The zero-order valence-corrected chi connectivity index (χ0v) is 18.1. The number of aryl methyl sites for hydroxylation is 1. The molecule has 8 heteroatoms. The zero-order valence-electron chi connectivity index (χ0n) is 18.1. The Balaban J connectivity index is 1.34. The molecule has 4 aliphatic rings. The number of hydrogen-bond donors (Lipinski definition) is 5. The Morgan fingerprint density at radius 3 is 2.59 bits per heavy atom. The van der Waals surface area contributed by atoms with Gasteiger partial charge >= 0.3 is 5.97 Å². The van der Waals surface area contributed by atoms with Crippen LogP contribution in [0.2, 0.25) is 0 Å². The summed E-state index contributed by atoms with van der Waals surface area (Å²) in [5.74, 6) is 0.570. The lowest BCUT2D eigenvalue weighted by atomic mass is 9.55. The van der Waals surface area contributed by atoms with Crippen LogP contribution < -0.4 is 4.74 Å². The first-order chi connectivity index (χ1) is 15.2. The molecule has 1 heterocycles. The lowest BCUT2D eigenvalue weighted by Crippen LogP contribution is -2.61. The monoisotopic (exact) mass is 448 g/mol. The van der Waals surface area contributed by atoms with Crippen molar-refractivity contribution in [3.63, 3.8) is 0 Å². The third-order valence-electron chi connectivity index (χ3n) is 8.71. The van der Waals surface area contributed by atoms with Gasteiger partial charge in [-0.15, -0.1) is 0 Å². The molecule has 176 valence electrons. The number of rotatable bonds is 3. The number of hydrogen-bond acceptors (Lipinski definition) is 7. The fourth-order valence-corrected chi connectivity index (χ4v) is 6.89.